The Morgan fingerprint density at radius 2 is 1.56 bits per heavy atom. The van der Waals surface area contributed by atoms with E-state index in [4.69, 9.17) is 9.47 Å². The van der Waals surface area contributed by atoms with E-state index in [2.05, 4.69) is 10.6 Å². The first-order valence-corrected chi connectivity index (χ1v) is 6.51. The lowest BCUT2D eigenvalue weighted by Gasteiger charge is -2.07. The molecule has 1 rings (SSSR count). The first-order valence-electron chi connectivity index (χ1n) is 6.51. The smallest absolute Gasteiger partial charge is 0.119 e. The van der Waals surface area contributed by atoms with Gasteiger partial charge in [0.1, 0.15) is 12.4 Å². The molecule has 102 valence electrons. The Bertz CT molecular complexity index is 280. The molecule has 0 heterocycles. The van der Waals surface area contributed by atoms with Gasteiger partial charge < -0.3 is 20.1 Å². The number of para-hydroxylation sites is 1. The van der Waals surface area contributed by atoms with Crippen molar-refractivity contribution in [2.24, 2.45) is 0 Å². The van der Waals surface area contributed by atoms with Gasteiger partial charge in [-0.25, -0.2) is 0 Å². The van der Waals surface area contributed by atoms with Crippen LogP contribution in [-0.4, -0.2) is 46.5 Å². The Balaban J connectivity index is 1.82. The van der Waals surface area contributed by atoms with Crippen LogP contribution in [0.15, 0.2) is 30.3 Å². The molecule has 0 spiro atoms. The van der Waals surface area contributed by atoms with E-state index in [1.165, 1.54) is 0 Å². The second-order valence-electron chi connectivity index (χ2n) is 4.01. The minimum atomic E-state index is 0.709. The van der Waals surface area contributed by atoms with E-state index >= 15 is 0 Å². The van der Waals surface area contributed by atoms with Gasteiger partial charge in [0.25, 0.3) is 0 Å². The number of nitrogens with one attached hydrogen (secondary N) is 2. The van der Waals surface area contributed by atoms with Crippen molar-refractivity contribution < 1.29 is 9.47 Å². The summed E-state index contributed by atoms with van der Waals surface area (Å²) in [6.07, 6.45) is 1.12. The molecule has 4 nitrogen and oxygen atoms in total. The molecule has 0 amide bonds. The highest BCUT2D eigenvalue weighted by atomic mass is 16.5. The first-order chi connectivity index (χ1) is 8.93. The van der Waals surface area contributed by atoms with Crippen LogP contribution in [0.4, 0.5) is 0 Å². The highest BCUT2D eigenvalue weighted by Crippen LogP contribution is 2.07. The lowest BCUT2D eigenvalue weighted by Crippen LogP contribution is -2.26. The molecule has 2 N–H and O–H groups in total. The zero-order valence-electron chi connectivity index (χ0n) is 11.2. The third kappa shape index (κ3) is 8.06. The predicted molar refractivity (Wildman–Crippen MR) is 74.2 cm³/mol. The summed E-state index contributed by atoms with van der Waals surface area (Å²) in [5, 5.41) is 6.66. The molecule has 0 aliphatic heterocycles. The molecule has 0 aliphatic carbocycles. The quantitative estimate of drug-likeness (QED) is 0.582. The Morgan fingerprint density at radius 3 is 2.22 bits per heavy atom. The molecule has 4 heteroatoms. The largest absolute Gasteiger partial charge is 0.492 e. The van der Waals surface area contributed by atoms with E-state index in [-0.39, 0.29) is 0 Å². The minimum absolute atomic E-state index is 0.709. The van der Waals surface area contributed by atoms with E-state index in [9.17, 15) is 0 Å². The van der Waals surface area contributed by atoms with Gasteiger partial charge in [-0.2, -0.15) is 0 Å². The summed E-state index contributed by atoms with van der Waals surface area (Å²) in [7, 11) is 1.72. The van der Waals surface area contributed by atoms with Crippen LogP contribution < -0.4 is 15.4 Å². The second kappa shape index (κ2) is 11.0. The van der Waals surface area contributed by atoms with Crippen molar-refractivity contribution in [3.05, 3.63) is 30.3 Å². The zero-order valence-corrected chi connectivity index (χ0v) is 11.2. The zero-order chi connectivity index (χ0) is 12.9. The third-order valence-electron chi connectivity index (χ3n) is 2.48. The fourth-order valence-corrected chi connectivity index (χ4v) is 1.52. The molecule has 0 saturated heterocycles. The highest BCUT2D eigenvalue weighted by molar-refractivity contribution is 5.20. The maximum absolute atomic E-state index is 5.57. The molecular weight excluding hydrogens is 228 g/mol. The summed E-state index contributed by atoms with van der Waals surface area (Å²) in [5.74, 6) is 0.931. The number of benzene rings is 1. The Morgan fingerprint density at radius 1 is 0.889 bits per heavy atom. The molecule has 0 radical (unpaired) electrons. The maximum Gasteiger partial charge on any atom is 0.119 e. The van der Waals surface area contributed by atoms with Gasteiger partial charge in [-0.15, -0.1) is 0 Å². The molecule has 1 aromatic carbocycles. The minimum Gasteiger partial charge on any atom is -0.492 e. The molecule has 0 saturated carbocycles. The van der Waals surface area contributed by atoms with Gasteiger partial charge in [-0.1, -0.05) is 18.2 Å². The van der Waals surface area contributed by atoms with Crippen LogP contribution in [0, 0.1) is 0 Å². The summed E-state index contributed by atoms with van der Waals surface area (Å²) >= 11 is 0. The van der Waals surface area contributed by atoms with Crippen LogP contribution in [0.25, 0.3) is 0 Å². The normalized spacial score (nSPS) is 10.5. The topological polar surface area (TPSA) is 42.5 Å². The number of ether oxygens (including phenoxy) is 2. The second-order valence-corrected chi connectivity index (χ2v) is 4.01. The Kier molecular flexibility index (Phi) is 9.16. The van der Waals surface area contributed by atoms with Crippen LogP contribution in [0.1, 0.15) is 6.42 Å². The van der Waals surface area contributed by atoms with E-state index in [1.807, 2.05) is 30.3 Å². The predicted octanol–water partition coefficient (Wildman–Crippen LogP) is 1.28. The standard InChI is InChI=1S/C14H24N2O2/c1-17-12-10-15-8-5-9-16-11-13-18-14-6-3-2-4-7-14/h2-4,6-7,15-16H,5,8-13H2,1H3. The summed E-state index contributed by atoms with van der Waals surface area (Å²) in [4.78, 5) is 0. The lowest BCUT2D eigenvalue weighted by molar-refractivity contribution is 0.199. The number of rotatable bonds is 11. The fraction of sp³-hybridized carbons (Fsp3) is 0.571. The number of methoxy groups -OCH3 is 1. The average Bonchev–Trinajstić information content (AvgIpc) is 2.42. The monoisotopic (exact) mass is 252 g/mol. The van der Waals surface area contributed by atoms with Crippen molar-refractivity contribution in [2.75, 3.05) is 46.5 Å². The molecule has 0 fully saturated rings. The molecule has 1 aromatic rings. The maximum atomic E-state index is 5.57. The summed E-state index contributed by atoms with van der Waals surface area (Å²) < 4.78 is 10.5. The van der Waals surface area contributed by atoms with Gasteiger partial charge in [0, 0.05) is 20.2 Å². The van der Waals surface area contributed by atoms with E-state index < -0.39 is 0 Å². The van der Waals surface area contributed by atoms with Crippen molar-refractivity contribution in [2.45, 2.75) is 6.42 Å². The van der Waals surface area contributed by atoms with Crippen molar-refractivity contribution in [1.82, 2.24) is 10.6 Å². The van der Waals surface area contributed by atoms with E-state index in [1.54, 1.807) is 7.11 Å². The van der Waals surface area contributed by atoms with Crippen LogP contribution in [0.5, 0.6) is 5.75 Å². The number of hydrogen-bond donors (Lipinski definition) is 2. The number of hydrogen-bond acceptors (Lipinski definition) is 4. The third-order valence-corrected chi connectivity index (χ3v) is 2.48. The van der Waals surface area contributed by atoms with Gasteiger partial charge in [0.15, 0.2) is 0 Å². The van der Waals surface area contributed by atoms with Gasteiger partial charge >= 0.3 is 0 Å². The Hall–Kier alpha value is -1.10. The van der Waals surface area contributed by atoms with Crippen LogP contribution in [0.3, 0.4) is 0 Å². The SMILES string of the molecule is COCCNCCCNCCOc1ccccc1. The van der Waals surface area contributed by atoms with Crippen molar-refractivity contribution in [1.29, 1.82) is 0 Å². The van der Waals surface area contributed by atoms with Crippen molar-refractivity contribution >= 4 is 0 Å². The molecule has 0 bridgehead atoms. The summed E-state index contributed by atoms with van der Waals surface area (Å²) in [6, 6.07) is 9.89. The molecule has 0 atom stereocenters. The average molecular weight is 252 g/mol. The highest BCUT2D eigenvalue weighted by Gasteiger charge is 1.92. The summed E-state index contributed by atoms with van der Waals surface area (Å²) in [6.45, 7) is 5.33. The van der Waals surface area contributed by atoms with Gasteiger partial charge in [-0.05, 0) is 31.6 Å². The van der Waals surface area contributed by atoms with Gasteiger partial charge in [-0.3, -0.25) is 0 Å². The van der Waals surface area contributed by atoms with Crippen LogP contribution in [0.2, 0.25) is 0 Å². The molecule has 0 unspecified atom stereocenters. The van der Waals surface area contributed by atoms with E-state index in [0.717, 1.165) is 45.0 Å². The molecule has 18 heavy (non-hydrogen) atoms. The summed E-state index contributed by atoms with van der Waals surface area (Å²) in [5.41, 5.74) is 0. The Labute approximate surface area is 110 Å². The van der Waals surface area contributed by atoms with Crippen LogP contribution in [-0.2, 0) is 4.74 Å². The van der Waals surface area contributed by atoms with E-state index in [0.29, 0.717) is 6.61 Å². The molecule has 0 aromatic heterocycles. The molecular formula is C14H24N2O2. The van der Waals surface area contributed by atoms with Gasteiger partial charge in [0.05, 0.1) is 6.61 Å². The fourth-order valence-electron chi connectivity index (χ4n) is 1.52. The lowest BCUT2D eigenvalue weighted by atomic mass is 10.3. The van der Waals surface area contributed by atoms with Crippen LogP contribution >= 0.6 is 0 Å². The van der Waals surface area contributed by atoms with Crippen molar-refractivity contribution in [3.63, 3.8) is 0 Å². The first kappa shape index (κ1) is 15.0. The molecule has 0 aliphatic rings. The van der Waals surface area contributed by atoms with Crippen molar-refractivity contribution in [3.8, 4) is 5.75 Å². The van der Waals surface area contributed by atoms with Gasteiger partial charge in [0.2, 0.25) is 0 Å².